The molecule has 3 aliphatic heterocycles. The molecule has 0 radical (unpaired) electrons. The summed E-state index contributed by atoms with van der Waals surface area (Å²) in [5.41, 5.74) is 1.15. The average molecular weight is 260 g/mol. The maximum Gasteiger partial charge on any atom is 0.323 e. The van der Waals surface area contributed by atoms with Crippen LogP contribution in [0.5, 0.6) is 0 Å². The highest BCUT2D eigenvalue weighted by molar-refractivity contribution is 5.72. The number of nitrogens with zero attached hydrogens (tertiary/aromatic N) is 2. The van der Waals surface area contributed by atoms with Crippen LogP contribution in [0.1, 0.15) is 13.3 Å². The van der Waals surface area contributed by atoms with Crippen molar-refractivity contribution in [3.05, 3.63) is 30.3 Å². The fraction of sp³-hybridized carbons (Fsp3) is 0.500. The lowest BCUT2D eigenvalue weighted by atomic mass is 9.84. The van der Waals surface area contributed by atoms with Gasteiger partial charge in [-0.05, 0) is 24.5 Å². The van der Waals surface area contributed by atoms with E-state index in [-0.39, 0.29) is 0 Å². The summed E-state index contributed by atoms with van der Waals surface area (Å²) < 4.78 is 0. The molecule has 4 rings (SSSR count). The van der Waals surface area contributed by atoms with Crippen molar-refractivity contribution in [2.24, 2.45) is 16.9 Å². The van der Waals surface area contributed by atoms with Gasteiger partial charge < -0.3 is 16.1 Å². The van der Waals surface area contributed by atoms with Gasteiger partial charge in [0.1, 0.15) is 5.69 Å². The highest BCUT2D eigenvalue weighted by atomic mass is 15.4. The van der Waals surface area contributed by atoms with Gasteiger partial charge in [0.2, 0.25) is 0 Å². The van der Waals surface area contributed by atoms with Gasteiger partial charge in [-0.1, -0.05) is 25.1 Å². The summed E-state index contributed by atoms with van der Waals surface area (Å²) in [6, 6.07) is 11.3. The molecule has 0 saturated carbocycles. The van der Waals surface area contributed by atoms with Gasteiger partial charge >= 0.3 is 5.96 Å². The van der Waals surface area contributed by atoms with Crippen molar-refractivity contribution < 1.29 is 5.32 Å². The first kappa shape index (κ1) is 12.4. The molecule has 3 aliphatic rings. The zero-order valence-electron chi connectivity index (χ0n) is 11.3. The summed E-state index contributed by atoms with van der Waals surface area (Å²) in [6.07, 6.45) is 1.22. The van der Waals surface area contributed by atoms with Crippen LogP contribution in [-0.4, -0.2) is 36.0 Å². The summed E-state index contributed by atoms with van der Waals surface area (Å²) in [5, 5.41) is 9.67. The van der Waals surface area contributed by atoms with Crippen molar-refractivity contribution in [1.29, 1.82) is 0 Å². The molecule has 0 amide bonds. The Hall–Kier alpha value is -1.59. The Morgan fingerprint density at radius 3 is 2.79 bits per heavy atom. The summed E-state index contributed by atoms with van der Waals surface area (Å²) in [6.45, 7) is 4.36. The number of piperidine rings is 2. The third-order valence-electron chi connectivity index (χ3n) is 4.30. The minimum absolute atomic E-state index is 0.516. The minimum atomic E-state index is 0.516. The highest BCUT2D eigenvalue weighted by Crippen LogP contribution is 2.26. The second-order valence-electron chi connectivity index (χ2n) is 5.58. The van der Waals surface area contributed by atoms with Gasteiger partial charge in [-0.2, -0.15) is 0 Å². The zero-order valence-corrected chi connectivity index (χ0v) is 11.3. The van der Waals surface area contributed by atoms with Gasteiger partial charge in [0.25, 0.3) is 0 Å². The van der Waals surface area contributed by atoms with E-state index in [1.807, 2.05) is 18.2 Å². The van der Waals surface area contributed by atoms with Gasteiger partial charge in [-0.15, -0.1) is 5.10 Å². The summed E-state index contributed by atoms with van der Waals surface area (Å²) in [5.74, 6) is 7.25. The Labute approximate surface area is 113 Å². The molecular formula is C14H22N5+. The number of benzene rings is 1. The van der Waals surface area contributed by atoms with E-state index in [9.17, 15) is 0 Å². The van der Waals surface area contributed by atoms with Crippen LogP contribution in [0, 0.1) is 5.92 Å². The molecule has 3 saturated heterocycles. The third-order valence-corrected chi connectivity index (χ3v) is 4.30. The second-order valence-corrected chi connectivity index (χ2v) is 5.58. The maximum atomic E-state index is 5.61. The van der Waals surface area contributed by atoms with Crippen LogP contribution in [0.2, 0.25) is 0 Å². The van der Waals surface area contributed by atoms with E-state index in [0.717, 1.165) is 30.7 Å². The molecular weight excluding hydrogens is 238 g/mol. The quantitative estimate of drug-likeness (QED) is 0.215. The van der Waals surface area contributed by atoms with Crippen molar-refractivity contribution in [2.45, 2.75) is 25.4 Å². The summed E-state index contributed by atoms with van der Waals surface area (Å²) in [4.78, 5) is 2.36. The largest absolute Gasteiger partial charge is 0.323 e. The third kappa shape index (κ3) is 2.43. The minimum Gasteiger partial charge on any atom is -0.317 e. The van der Waals surface area contributed by atoms with Crippen LogP contribution in [-0.2, 0) is 0 Å². The van der Waals surface area contributed by atoms with Crippen molar-refractivity contribution >= 4 is 11.6 Å². The van der Waals surface area contributed by atoms with E-state index in [4.69, 9.17) is 5.84 Å². The molecule has 3 unspecified atom stereocenters. The number of fused-ring (bicyclic) bond motifs is 3. The Balaban J connectivity index is 1.74. The molecule has 3 heterocycles. The number of hydrazone groups is 1. The molecule has 1 aromatic carbocycles. The molecule has 5 N–H and O–H groups in total. The smallest absolute Gasteiger partial charge is 0.317 e. The van der Waals surface area contributed by atoms with Crippen LogP contribution >= 0.6 is 0 Å². The van der Waals surface area contributed by atoms with Crippen LogP contribution in [0.3, 0.4) is 0 Å². The van der Waals surface area contributed by atoms with E-state index < -0.39 is 0 Å². The van der Waals surface area contributed by atoms with Crippen molar-refractivity contribution in [3.63, 3.8) is 0 Å². The first-order valence-corrected chi connectivity index (χ1v) is 6.95. The first-order chi connectivity index (χ1) is 9.28. The van der Waals surface area contributed by atoms with Gasteiger partial charge in [-0.3, -0.25) is 0 Å². The van der Waals surface area contributed by atoms with Crippen molar-refractivity contribution in [1.82, 2.24) is 10.2 Å². The number of guanidine groups is 1. The number of piperazine rings is 1. The number of para-hydroxylation sites is 1. The topological polar surface area (TPSA) is 70.3 Å². The van der Waals surface area contributed by atoms with E-state index in [1.54, 1.807) is 0 Å². The fourth-order valence-electron chi connectivity index (χ4n) is 3.18. The standard InChI is InChI=1S/C14H21N5/c1-10-7-12-8-16-13(10)9-19(12)14(18-15)17-11-5-3-2-4-6-11/h2-6,10,12-13,16H,7-9,15H2,1H3,(H,17,18)/p+1. The predicted molar refractivity (Wildman–Crippen MR) is 75.7 cm³/mol. The molecule has 0 spiro atoms. The molecule has 3 fully saturated rings. The monoisotopic (exact) mass is 260 g/mol. The molecule has 5 heteroatoms. The predicted octanol–water partition coefficient (Wildman–Crippen LogP) is -0.207. The van der Waals surface area contributed by atoms with Gasteiger partial charge in [0, 0.05) is 25.2 Å². The van der Waals surface area contributed by atoms with E-state index in [0.29, 0.717) is 12.1 Å². The number of nitrogens with two attached hydrogens (primary N) is 2. The molecule has 3 atom stereocenters. The molecule has 0 aliphatic carbocycles. The molecule has 102 valence electrons. The second kappa shape index (κ2) is 5.19. The van der Waals surface area contributed by atoms with Crippen LogP contribution in [0.25, 0.3) is 0 Å². The van der Waals surface area contributed by atoms with Gasteiger partial charge in [0.15, 0.2) is 0 Å². The molecule has 0 aromatic heterocycles. The average Bonchev–Trinajstić information content (AvgIpc) is 2.46. The molecule has 5 nitrogen and oxygen atoms in total. The Bertz CT molecular complexity index is 458. The first-order valence-electron chi connectivity index (χ1n) is 6.95. The zero-order chi connectivity index (χ0) is 13.2. The van der Waals surface area contributed by atoms with Crippen molar-refractivity contribution in [3.8, 4) is 0 Å². The lowest BCUT2D eigenvalue weighted by molar-refractivity contribution is -0.458. The van der Waals surface area contributed by atoms with E-state index in [1.165, 1.54) is 6.42 Å². The lowest BCUT2D eigenvalue weighted by Crippen LogP contribution is -2.89. The number of quaternary nitrogens is 1. The summed E-state index contributed by atoms with van der Waals surface area (Å²) in [7, 11) is 0. The van der Waals surface area contributed by atoms with E-state index >= 15 is 0 Å². The number of hydrogen-bond acceptors (Lipinski definition) is 3. The van der Waals surface area contributed by atoms with Crippen LogP contribution < -0.4 is 16.5 Å². The summed E-state index contributed by atoms with van der Waals surface area (Å²) >= 11 is 0. The fourth-order valence-corrected chi connectivity index (χ4v) is 3.18. The SMILES string of the molecule is CC1CC2CNC1CN2C(=NN)[NH2+]c1ccccc1. The van der Waals surface area contributed by atoms with Gasteiger partial charge in [-0.25, -0.2) is 5.32 Å². The highest BCUT2D eigenvalue weighted by Gasteiger charge is 2.40. The Kier molecular flexibility index (Phi) is 3.40. The lowest BCUT2D eigenvalue weighted by Gasteiger charge is -2.48. The Morgan fingerprint density at radius 2 is 2.21 bits per heavy atom. The van der Waals surface area contributed by atoms with Crippen LogP contribution in [0.15, 0.2) is 35.4 Å². The molecule has 19 heavy (non-hydrogen) atoms. The molecule has 1 aromatic rings. The van der Waals surface area contributed by atoms with Gasteiger partial charge in [0.05, 0.1) is 0 Å². The molecule has 2 bridgehead atoms. The number of rotatable bonds is 1. The maximum absolute atomic E-state index is 5.61. The van der Waals surface area contributed by atoms with Crippen LogP contribution in [0.4, 0.5) is 5.69 Å². The Morgan fingerprint density at radius 1 is 1.42 bits per heavy atom. The van der Waals surface area contributed by atoms with E-state index in [2.05, 4.69) is 39.7 Å². The number of hydrogen-bond donors (Lipinski definition) is 3. The number of nitrogens with one attached hydrogen (secondary N) is 1. The van der Waals surface area contributed by atoms with Crippen molar-refractivity contribution in [2.75, 3.05) is 13.1 Å². The normalized spacial score (nSPS) is 30.7.